The summed E-state index contributed by atoms with van der Waals surface area (Å²) in [7, 11) is 2.12. The quantitative estimate of drug-likeness (QED) is 0.844. The van der Waals surface area contributed by atoms with Gasteiger partial charge in [0.15, 0.2) is 0 Å². The summed E-state index contributed by atoms with van der Waals surface area (Å²) in [5.74, 6) is 0.850. The van der Waals surface area contributed by atoms with Gasteiger partial charge in [0.1, 0.15) is 0 Å². The summed E-state index contributed by atoms with van der Waals surface area (Å²) in [4.78, 5) is 0. The second kappa shape index (κ2) is 5.88. The second-order valence-corrected chi connectivity index (χ2v) is 6.59. The van der Waals surface area contributed by atoms with E-state index in [4.69, 9.17) is 0 Å². The lowest BCUT2D eigenvalue weighted by atomic mass is 9.70. The van der Waals surface area contributed by atoms with Crippen molar-refractivity contribution >= 4 is 0 Å². The van der Waals surface area contributed by atoms with Gasteiger partial charge in [-0.1, -0.05) is 44.2 Å². The lowest BCUT2D eigenvalue weighted by molar-refractivity contribution is 0.163. The van der Waals surface area contributed by atoms with Crippen molar-refractivity contribution in [1.29, 1.82) is 0 Å². The van der Waals surface area contributed by atoms with Gasteiger partial charge in [0.2, 0.25) is 0 Å². The molecule has 1 aromatic rings. The first-order valence-corrected chi connectivity index (χ1v) is 7.32. The summed E-state index contributed by atoms with van der Waals surface area (Å²) in [6, 6.07) is 11.5. The van der Waals surface area contributed by atoms with Crippen molar-refractivity contribution in [1.82, 2.24) is 5.32 Å². The Labute approximate surface area is 112 Å². The third-order valence-electron chi connectivity index (χ3n) is 4.62. The van der Waals surface area contributed by atoms with Gasteiger partial charge in [0.25, 0.3) is 0 Å². The summed E-state index contributed by atoms with van der Waals surface area (Å²) in [5, 5.41) is 3.55. The standard InChI is InChI=1S/C17H27N/c1-17(2)11-9-15(10-12-17)16(18-3)13-14-7-5-4-6-8-14/h4-8,15-16,18H,9-13H2,1-3H3. The Kier molecular flexibility index (Phi) is 4.45. The van der Waals surface area contributed by atoms with Crippen LogP contribution in [0.3, 0.4) is 0 Å². The van der Waals surface area contributed by atoms with E-state index in [2.05, 4.69) is 56.5 Å². The number of hydrogen-bond donors (Lipinski definition) is 1. The van der Waals surface area contributed by atoms with E-state index in [1.54, 1.807) is 0 Å². The minimum Gasteiger partial charge on any atom is -0.316 e. The molecule has 100 valence electrons. The predicted octanol–water partition coefficient (Wildman–Crippen LogP) is 4.03. The zero-order chi connectivity index (χ0) is 13.0. The first-order chi connectivity index (χ1) is 8.61. The predicted molar refractivity (Wildman–Crippen MR) is 78.7 cm³/mol. The molecule has 0 bridgehead atoms. The van der Waals surface area contributed by atoms with E-state index in [-0.39, 0.29) is 0 Å². The molecule has 1 heteroatoms. The molecule has 2 rings (SSSR count). The van der Waals surface area contributed by atoms with Crippen LogP contribution in [0.25, 0.3) is 0 Å². The number of hydrogen-bond acceptors (Lipinski definition) is 1. The highest BCUT2D eigenvalue weighted by molar-refractivity contribution is 5.16. The van der Waals surface area contributed by atoms with Gasteiger partial charge in [-0.05, 0) is 56.0 Å². The van der Waals surface area contributed by atoms with Crippen LogP contribution >= 0.6 is 0 Å². The lowest BCUT2D eigenvalue weighted by Gasteiger charge is -2.38. The molecule has 1 aromatic carbocycles. The Morgan fingerprint density at radius 2 is 1.78 bits per heavy atom. The van der Waals surface area contributed by atoms with Gasteiger partial charge in [0, 0.05) is 6.04 Å². The van der Waals surface area contributed by atoms with Crippen LogP contribution in [-0.4, -0.2) is 13.1 Å². The van der Waals surface area contributed by atoms with Gasteiger partial charge in [-0.15, -0.1) is 0 Å². The first kappa shape index (κ1) is 13.6. The van der Waals surface area contributed by atoms with Crippen LogP contribution in [0.2, 0.25) is 0 Å². The van der Waals surface area contributed by atoms with E-state index < -0.39 is 0 Å². The Bertz CT molecular complexity index is 345. The Hall–Kier alpha value is -0.820. The molecule has 0 radical (unpaired) electrons. The normalized spacial score (nSPS) is 21.7. The number of benzene rings is 1. The highest BCUT2D eigenvalue weighted by Crippen LogP contribution is 2.39. The van der Waals surface area contributed by atoms with E-state index in [1.807, 2.05) is 0 Å². The molecular weight excluding hydrogens is 218 g/mol. The smallest absolute Gasteiger partial charge is 0.0133 e. The molecule has 1 saturated carbocycles. The van der Waals surface area contributed by atoms with Crippen LogP contribution in [-0.2, 0) is 6.42 Å². The van der Waals surface area contributed by atoms with E-state index in [9.17, 15) is 0 Å². The van der Waals surface area contributed by atoms with Gasteiger partial charge in [-0.3, -0.25) is 0 Å². The molecule has 1 atom stereocenters. The monoisotopic (exact) mass is 245 g/mol. The topological polar surface area (TPSA) is 12.0 Å². The van der Waals surface area contributed by atoms with Crippen LogP contribution in [0, 0.1) is 11.3 Å². The SMILES string of the molecule is CNC(Cc1ccccc1)C1CCC(C)(C)CC1. The van der Waals surface area contributed by atoms with E-state index in [1.165, 1.54) is 37.7 Å². The Morgan fingerprint density at radius 1 is 1.17 bits per heavy atom. The average Bonchev–Trinajstić information content (AvgIpc) is 2.38. The van der Waals surface area contributed by atoms with Crippen LogP contribution < -0.4 is 5.32 Å². The van der Waals surface area contributed by atoms with E-state index >= 15 is 0 Å². The minimum absolute atomic E-state index is 0.571. The third kappa shape index (κ3) is 3.58. The number of rotatable bonds is 4. The fourth-order valence-corrected chi connectivity index (χ4v) is 3.20. The van der Waals surface area contributed by atoms with Crippen LogP contribution in [0.1, 0.15) is 45.1 Å². The van der Waals surface area contributed by atoms with Crippen molar-refractivity contribution in [2.45, 2.75) is 52.0 Å². The number of nitrogens with one attached hydrogen (secondary N) is 1. The summed E-state index contributed by atoms with van der Waals surface area (Å²) >= 11 is 0. The summed E-state index contributed by atoms with van der Waals surface area (Å²) < 4.78 is 0. The Balaban J connectivity index is 1.94. The maximum absolute atomic E-state index is 3.55. The van der Waals surface area contributed by atoms with Crippen molar-refractivity contribution in [2.24, 2.45) is 11.3 Å². The van der Waals surface area contributed by atoms with Gasteiger partial charge >= 0.3 is 0 Å². The molecule has 0 spiro atoms. The van der Waals surface area contributed by atoms with Gasteiger partial charge < -0.3 is 5.32 Å². The van der Waals surface area contributed by atoms with Crippen molar-refractivity contribution in [3.8, 4) is 0 Å². The molecule has 0 aromatic heterocycles. The molecule has 1 nitrogen and oxygen atoms in total. The van der Waals surface area contributed by atoms with Crippen molar-refractivity contribution in [2.75, 3.05) is 7.05 Å². The fourth-order valence-electron chi connectivity index (χ4n) is 3.20. The first-order valence-electron chi connectivity index (χ1n) is 7.32. The zero-order valence-electron chi connectivity index (χ0n) is 12.1. The molecule has 0 saturated heterocycles. The molecule has 1 aliphatic carbocycles. The van der Waals surface area contributed by atoms with Crippen LogP contribution in [0.4, 0.5) is 0 Å². The lowest BCUT2D eigenvalue weighted by Crippen LogP contribution is -2.38. The van der Waals surface area contributed by atoms with Crippen molar-refractivity contribution < 1.29 is 0 Å². The van der Waals surface area contributed by atoms with Crippen molar-refractivity contribution in [3.63, 3.8) is 0 Å². The summed E-state index contributed by atoms with van der Waals surface area (Å²) in [6.45, 7) is 4.82. The van der Waals surface area contributed by atoms with Gasteiger partial charge in [0.05, 0.1) is 0 Å². The highest BCUT2D eigenvalue weighted by atomic mass is 14.9. The molecule has 1 N–H and O–H groups in total. The molecule has 18 heavy (non-hydrogen) atoms. The largest absolute Gasteiger partial charge is 0.316 e. The van der Waals surface area contributed by atoms with Crippen LogP contribution in [0.5, 0.6) is 0 Å². The Morgan fingerprint density at radius 3 is 2.33 bits per heavy atom. The second-order valence-electron chi connectivity index (χ2n) is 6.59. The molecule has 0 amide bonds. The molecular formula is C17H27N. The average molecular weight is 245 g/mol. The van der Waals surface area contributed by atoms with Crippen LogP contribution in [0.15, 0.2) is 30.3 Å². The minimum atomic E-state index is 0.571. The van der Waals surface area contributed by atoms with Gasteiger partial charge in [-0.2, -0.15) is 0 Å². The molecule has 1 aliphatic rings. The fraction of sp³-hybridized carbons (Fsp3) is 0.647. The van der Waals surface area contributed by atoms with E-state index in [0.29, 0.717) is 11.5 Å². The molecule has 1 fully saturated rings. The molecule has 0 aliphatic heterocycles. The van der Waals surface area contributed by atoms with Gasteiger partial charge in [-0.25, -0.2) is 0 Å². The summed E-state index contributed by atoms with van der Waals surface area (Å²) in [6.07, 6.45) is 6.69. The van der Waals surface area contributed by atoms with E-state index in [0.717, 1.165) is 5.92 Å². The zero-order valence-corrected chi connectivity index (χ0v) is 12.1. The maximum Gasteiger partial charge on any atom is 0.0133 e. The maximum atomic E-state index is 3.55. The molecule has 1 unspecified atom stereocenters. The highest BCUT2D eigenvalue weighted by Gasteiger charge is 2.30. The van der Waals surface area contributed by atoms with Crippen molar-refractivity contribution in [3.05, 3.63) is 35.9 Å². The number of likely N-dealkylation sites (N-methyl/N-ethyl adjacent to an activating group) is 1. The summed E-state index contributed by atoms with van der Waals surface area (Å²) in [5.41, 5.74) is 2.03. The molecule has 0 heterocycles. The third-order valence-corrected chi connectivity index (χ3v) is 4.62.